The number of hydrogen-bond donors (Lipinski definition) is 2. The average molecular weight is 344 g/mol. The van der Waals surface area contributed by atoms with Crippen molar-refractivity contribution in [2.24, 2.45) is 5.92 Å². The van der Waals surface area contributed by atoms with Crippen molar-refractivity contribution in [2.45, 2.75) is 20.3 Å². The Kier molecular flexibility index (Phi) is 6.11. The highest BCUT2D eigenvalue weighted by molar-refractivity contribution is 6.04. The molecule has 0 heterocycles. The molecule has 132 valence electrons. The van der Waals surface area contributed by atoms with Crippen molar-refractivity contribution >= 4 is 23.2 Å². The lowest BCUT2D eigenvalue weighted by Crippen LogP contribution is -2.14. The van der Waals surface area contributed by atoms with Gasteiger partial charge in [0.1, 0.15) is 0 Å². The van der Waals surface area contributed by atoms with Crippen LogP contribution < -0.4 is 15.4 Å². The van der Waals surface area contributed by atoms with Crippen LogP contribution in [0.15, 0.2) is 42.5 Å². The first-order valence-electron chi connectivity index (χ1n) is 7.94. The monoisotopic (exact) mass is 344 g/mol. The van der Waals surface area contributed by atoms with Crippen LogP contribution in [0.4, 0.5) is 15.8 Å². The van der Waals surface area contributed by atoms with Crippen LogP contribution >= 0.6 is 0 Å². The Hall–Kier alpha value is -2.89. The van der Waals surface area contributed by atoms with Gasteiger partial charge in [0, 0.05) is 23.4 Å². The fraction of sp³-hybridized carbons (Fsp3) is 0.263. The Bertz CT molecular complexity index is 758. The normalized spacial score (nSPS) is 10.4. The first-order chi connectivity index (χ1) is 11.9. The van der Waals surface area contributed by atoms with Gasteiger partial charge in [0.05, 0.1) is 7.11 Å². The molecule has 0 aliphatic heterocycles. The van der Waals surface area contributed by atoms with Gasteiger partial charge in [-0.1, -0.05) is 13.8 Å². The van der Waals surface area contributed by atoms with Crippen LogP contribution in [0, 0.1) is 11.7 Å². The van der Waals surface area contributed by atoms with Gasteiger partial charge >= 0.3 is 0 Å². The number of hydrogen-bond acceptors (Lipinski definition) is 3. The van der Waals surface area contributed by atoms with Crippen LogP contribution in [-0.2, 0) is 4.79 Å². The van der Waals surface area contributed by atoms with E-state index in [-0.39, 0.29) is 23.1 Å². The molecule has 0 aliphatic rings. The van der Waals surface area contributed by atoms with Gasteiger partial charge in [0.15, 0.2) is 11.6 Å². The minimum Gasteiger partial charge on any atom is -0.494 e. The molecular formula is C19H21FN2O3. The Morgan fingerprint density at radius 2 is 1.64 bits per heavy atom. The van der Waals surface area contributed by atoms with Crippen LogP contribution in [-0.4, -0.2) is 18.9 Å². The molecule has 2 N–H and O–H groups in total. The van der Waals surface area contributed by atoms with Gasteiger partial charge < -0.3 is 15.4 Å². The van der Waals surface area contributed by atoms with E-state index in [1.807, 2.05) is 13.8 Å². The lowest BCUT2D eigenvalue weighted by Gasteiger charge is -2.09. The number of amides is 2. The van der Waals surface area contributed by atoms with Crippen LogP contribution in [0.1, 0.15) is 30.6 Å². The standard InChI is InChI=1S/C19H21FN2O3/c1-12(2)10-18(23)21-14-5-7-15(8-6-14)22-19(24)13-4-9-17(25-3)16(20)11-13/h4-9,11-12H,10H2,1-3H3,(H,21,23)(H,22,24). The molecule has 2 amide bonds. The first-order valence-corrected chi connectivity index (χ1v) is 7.94. The minimum atomic E-state index is -0.599. The SMILES string of the molecule is COc1ccc(C(=O)Nc2ccc(NC(=O)CC(C)C)cc2)cc1F. The molecular weight excluding hydrogens is 323 g/mol. The number of halogens is 1. The second kappa shape index (κ2) is 8.28. The summed E-state index contributed by atoms with van der Waals surface area (Å²) in [6.07, 6.45) is 0.446. The van der Waals surface area contributed by atoms with E-state index in [0.29, 0.717) is 17.8 Å². The highest BCUT2D eigenvalue weighted by atomic mass is 19.1. The average Bonchev–Trinajstić information content (AvgIpc) is 2.55. The Morgan fingerprint density at radius 1 is 1.04 bits per heavy atom. The number of rotatable bonds is 6. The van der Waals surface area contributed by atoms with Crippen molar-refractivity contribution in [3.63, 3.8) is 0 Å². The van der Waals surface area contributed by atoms with E-state index < -0.39 is 11.7 Å². The second-order valence-corrected chi connectivity index (χ2v) is 6.03. The van der Waals surface area contributed by atoms with Crippen molar-refractivity contribution in [3.8, 4) is 5.75 Å². The van der Waals surface area contributed by atoms with Gasteiger partial charge in [0.25, 0.3) is 5.91 Å². The fourth-order valence-electron chi connectivity index (χ4n) is 2.23. The summed E-state index contributed by atoms with van der Waals surface area (Å²) < 4.78 is 18.5. The maximum absolute atomic E-state index is 13.7. The van der Waals surface area contributed by atoms with E-state index in [9.17, 15) is 14.0 Å². The molecule has 2 aromatic carbocycles. The Balaban J connectivity index is 1.99. The molecule has 25 heavy (non-hydrogen) atoms. The lowest BCUT2D eigenvalue weighted by atomic mass is 10.1. The van der Waals surface area contributed by atoms with Crippen LogP contribution in [0.25, 0.3) is 0 Å². The number of benzene rings is 2. The number of carbonyl (C=O) groups is 2. The summed E-state index contributed by atoms with van der Waals surface area (Å²) in [6, 6.07) is 10.7. The lowest BCUT2D eigenvalue weighted by molar-refractivity contribution is -0.116. The Morgan fingerprint density at radius 3 is 2.16 bits per heavy atom. The third kappa shape index (κ3) is 5.31. The fourth-order valence-corrected chi connectivity index (χ4v) is 2.23. The molecule has 0 atom stereocenters. The number of nitrogens with one attached hydrogen (secondary N) is 2. The molecule has 0 aromatic heterocycles. The van der Waals surface area contributed by atoms with Crippen LogP contribution in [0.2, 0.25) is 0 Å². The second-order valence-electron chi connectivity index (χ2n) is 6.03. The molecule has 0 spiro atoms. The summed E-state index contributed by atoms with van der Waals surface area (Å²) >= 11 is 0. The number of anilines is 2. The van der Waals surface area contributed by atoms with E-state index in [1.165, 1.54) is 19.2 Å². The van der Waals surface area contributed by atoms with Crippen molar-refractivity contribution in [1.29, 1.82) is 0 Å². The van der Waals surface area contributed by atoms with E-state index in [0.717, 1.165) is 6.07 Å². The summed E-state index contributed by atoms with van der Waals surface area (Å²) in [4.78, 5) is 23.9. The van der Waals surface area contributed by atoms with Crippen molar-refractivity contribution in [1.82, 2.24) is 0 Å². The zero-order chi connectivity index (χ0) is 18.4. The maximum atomic E-state index is 13.7. The van der Waals surface area contributed by atoms with E-state index in [1.54, 1.807) is 24.3 Å². The van der Waals surface area contributed by atoms with E-state index in [4.69, 9.17) is 4.74 Å². The summed E-state index contributed by atoms with van der Waals surface area (Å²) in [5, 5.41) is 5.47. The van der Waals surface area contributed by atoms with Gasteiger partial charge in [-0.25, -0.2) is 4.39 Å². The number of carbonyl (C=O) groups excluding carboxylic acids is 2. The number of ether oxygens (including phenoxy) is 1. The predicted molar refractivity (Wildman–Crippen MR) is 95.4 cm³/mol. The zero-order valence-electron chi connectivity index (χ0n) is 14.4. The van der Waals surface area contributed by atoms with Gasteiger partial charge in [-0.2, -0.15) is 0 Å². The number of methoxy groups -OCH3 is 1. The quantitative estimate of drug-likeness (QED) is 0.830. The highest BCUT2D eigenvalue weighted by Gasteiger charge is 2.11. The van der Waals surface area contributed by atoms with Crippen molar-refractivity contribution in [3.05, 3.63) is 53.8 Å². The topological polar surface area (TPSA) is 67.4 Å². The minimum absolute atomic E-state index is 0.0551. The molecule has 0 bridgehead atoms. The van der Waals surface area contributed by atoms with Gasteiger partial charge in [-0.15, -0.1) is 0 Å². The highest BCUT2D eigenvalue weighted by Crippen LogP contribution is 2.19. The smallest absolute Gasteiger partial charge is 0.255 e. The first kappa shape index (κ1) is 18.4. The molecule has 0 unspecified atom stereocenters. The summed E-state index contributed by atoms with van der Waals surface area (Å²) in [7, 11) is 1.36. The van der Waals surface area contributed by atoms with E-state index in [2.05, 4.69) is 10.6 Å². The third-order valence-electron chi connectivity index (χ3n) is 3.43. The van der Waals surface area contributed by atoms with E-state index >= 15 is 0 Å². The van der Waals surface area contributed by atoms with Crippen LogP contribution in [0.5, 0.6) is 5.75 Å². The molecule has 0 radical (unpaired) electrons. The Labute approximate surface area is 146 Å². The molecule has 0 saturated carbocycles. The molecule has 5 nitrogen and oxygen atoms in total. The molecule has 0 fully saturated rings. The summed E-state index contributed by atoms with van der Waals surface area (Å²) in [6.45, 7) is 3.94. The molecule has 0 aliphatic carbocycles. The largest absolute Gasteiger partial charge is 0.494 e. The maximum Gasteiger partial charge on any atom is 0.255 e. The van der Waals surface area contributed by atoms with Crippen LogP contribution in [0.3, 0.4) is 0 Å². The zero-order valence-corrected chi connectivity index (χ0v) is 14.4. The molecule has 0 saturated heterocycles. The molecule has 2 aromatic rings. The summed E-state index contributed by atoms with van der Waals surface area (Å²) in [5.74, 6) is -0.724. The molecule has 6 heteroatoms. The van der Waals surface area contributed by atoms with Gasteiger partial charge in [0.2, 0.25) is 5.91 Å². The molecule has 2 rings (SSSR count). The summed E-state index contributed by atoms with van der Waals surface area (Å²) in [5.41, 5.74) is 1.38. The van der Waals surface area contributed by atoms with Gasteiger partial charge in [-0.3, -0.25) is 9.59 Å². The third-order valence-corrected chi connectivity index (χ3v) is 3.43. The van der Waals surface area contributed by atoms with Crippen molar-refractivity contribution in [2.75, 3.05) is 17.7 Å². The van der Waals surface area contributed by atoms with Gasteiger partial charge in [-0.05, 0) is 48.4 Å². The predicted octanol–water partition coefficient (Wildman–Crippen LogP) is 4.07. The van der Waals surface area contributed by atoms with Crippen molar-refractivity contribution < 1.29 is 18.7 Å².